The number of fused-ring (bicyclic) bond motifs is 1. The summed E-state index contributed by atoms with van der Waals surface area (Å²) < 4.78 is 2.32. The highest BCUT2D eigenvalue weighted by Gasteiger charge is 2.31. The van der Waals surface area contributed by atoms with Crippen LogP contribution in [0.1, 0.15) is 49.6 Å². The molecule has 2 aliphatic rings. The van der Waals surface area contributed by atoms with Crippen molar-refractivity contribution in [2.75, 3.05) is 44.2 Å². The van der Waals surface area contributed by atoms with Crippen LogP contribution in [0.4, 0.5) is 5.69 Å². The van der Waals surface area contributed by atoms with Crippen LogP contribution in [0.5, 0.6) is 0 Å². The molecule has 41 heavy (non-hydrogen) atoms. The predicted molar refractivity (Wildman–Crippen MR) is 168 cm³/mol. The van der Waals surface area contributed by atoms with Crippen LogP contribution in [-0.2, 0) is 17.9 Å². The second-order valence-electron chi connectivity index (χ2n) is 11.9. The smallest absolute Gasteiger partial charge is 0.227 e. The van der Waals surface area contributed by atoms with Gasteiger partial charge in [0.15, 0.2) is 0 Å². The predicted octanol–water partition coefficient (Wildman–Crippen LogP) is 6.42. The molecule has 2 aliphatic heterocycles. The van der Waals surface area contributed by atoms with E-state index in [0.29, 0.717) is 11.8 Å². The summed E-state index contributed by atoms with van der Waals surface area (Å²) in [4.78, 5) is 25.6. The lowest BCUT2D eigenvalue weighted by molar-refractivity contribution is -0.137. The molecular formula is C34H40ClN5O. The third-order valence-corrected chi connectivity index (χ3v) is 8.98. The van der Waals surface area contributed by atoms with E-state index < -0.39 is 0 Å². The summed E-state index contributed by atoms with van der Waals surface area (Å²) in [5, 5.41) is 0.746. The molecular weight excluding hydrogens is 530 g/mol. The van der Waals surface area contributed by atoms with Gasteiger partial charge in [0.05, 0.1) is 23.5 Å². The number of carbonyl (C=O) groups is 1. The van der Waals surface area contributed by atoms with Crippen LogP contribution in [-0.4, -0.2) is 64.5 Å². The first-order valence-electron chi connectivity index (χ1n) is 15.0. The molecule has 0 saturated carbocycles. The molecule has 6 rings (SSSR count). The van der Waals surface area contributed by atoms with Gasteiger partial charge in [-0.1, -0.05) is 61.8 Å². The van der Waals surface area contributed by atoms with Gasteiger partial charge in [-0.05, 0) is 72.8 Å². The Morgan fingerprint density at radius 3 is 2.37 bits per heavy atom. The zero-order valence-corrected chi connectivity index (χ0v) is 24.9. The third kappa shape index (κ3) is 6.29. The van der Waals surface area contributed by atoms with Gasteiger partial charge >= 0.3 is 0 Å². The van der Waals surface area contributed by atoms with Gasteiger partial charge in [0, 0.05) is 50.0 Å². The molecule has 0 radical (unpaired) electrons. The Bertz CT molecular complexity index is 1470. The first-order chi connectivity index (χ1) is 19.9. The molecule has 3 heterocycles. The van der Waals surface area contributed by atoms with E-state index >= 15 is 0 Å². The van der Waals surface area contributed by atoms with Crippen molar-refractivity contribution >= 4 is 34.2 Å². The Balaban J connectivity index is 1.10. The molecule has 1 aromatic heterocycles. The van der Waals surface area contributed by atoms with Crippen molar-refractivity contribution in [2.45, 2.75) is 45.7 Å². The lowest BCUT2D eigenvalue weighted by Gasteiger charge is -2.39. The fraction of sp³-hybridized carbons (Fsp3) is 0.412. The Morgan fingerprint density at radius 2 is 1.63 bits per heavy atom. The highest BCUT2D eigenvalue weighted by atomic mass is 35.5. The topological polar surface area (TPSA) is 44.6 Å². The Labute approximate surface area is 248 Å². The minimum atomic E-state index is 0.0507. The molecule has 6 nitrogen and oxygen atoms in total. The number of rotatable bonds is 7. The van der Waals surface area contributed by atoms with Crippen molar-refractivity contribution in [3.05, 3.63) is 94.8 Å². The molecule has 1 atom stereocenters. The zero-order valence-electron chi connectivity index (χ0n) is 24.2. The van der Waals surface area contributed by atoms with Crippen molar-refractivity contribution in [3.8, 4) is 0 Å². The second-order valence-corrected chi connectivity index (χ2v) is 12.3. The monoisotopic (exact) mass is 569 g/mol. The van der Waals surface area contributed by atoms with E-state index in [2.05, 4.69) is 87.7 Å². The molecule has 4 aromatic rings. The van der Waals surface area contributed by atoms with Gasteiger partial charge < -0.3 is 14.4 Å². The Hall–Kier alpha value is -3.35. The van der Waals surface area contributed by atoms with E-state index in [0.717, 1.165) is 87.1 Å². The summed E-state index contributed by atoms with van der Waals surface area (Å²) in [5.41, 5.74) is 5.97. The zero-order chi connectivity index (χ0) is 28.3. The van der Waals surface area contributed by atoms with E-state index in [4.69, 9.17) is 16.6 Å². The molecule has 7 heteroatoms. The van der Waals surface area contributed by atoms with Gasteiger partial charge in [-0.15, -0.1) is 0 Å². The average molecular weight is 570 g/mol. The summed E-state index contributed by atoms with van der Waals surface area (Å²) in [5.74, 6) is 1.96. The van der Waals surface area contributed by atoms with Gasteiger partial charge in [-0.2, -0.15) is 0 Å². The molecule has 214 valence electrons. The molecule has 0 N–H and O–H groups in total. The first kappa shape index (κ1) is 27.8. The molecule has 0 bridgehead atoms. The maximum atomic E-state index is 13.6. The van der Waals surface area contributed by atoms with Crippen molar-refractivity contribution < 1.29 is 4.79 Å². The third-order valence-electron chi connectivity index (χ3n) is 8.72. The SMILES string of the molecule is CC(C)c1ccc(N2CCN(C(=O)[C@H]3CCCN(Cc4nc5ccccc5n4Cc4ccc(Cl)cc4)C3)CC2)cc1. The standard InChI is InChI=1S/C34H40ClN5O/c1-25(2)27-11-15-30(16-12-27)38-18-20-39(21-19-38)34(41)28-6-5-17-37(23-28)24-33-36-31-7-3-4-8-32(31)40(33)22-26-9-13-29(35)14-10-26/h3-4,7-16,25,28H,5-6,17-24H2,1-2H3/t28-/m0/s1. The van der Waals surface area contributed by atoms with Crippen LogP contribution in [0.3, 0.4) is 0 Å². The molecule has 3 aromatic carbocycles. The number of likely N-dealkylation sites (tertiary alicyclic amines) is 1. The number of carbonyl (C=O) groups excluding carboxylic acids is 1. The molecule has 0 unspecified atom stereocenters. The van der Waals surface area contributed by atoms with Crippen LogP contribution in [0.25, 0.3) is 11.0 Å². The van der Waals surface area contributed by atoms with E-state index in [9.17, 15) is 4.79 Å². The van der Waals surface area contributed by atoms with Crippen molar-refractivity contribution in [1.82, 2.24) is 19.4 Å². The number of aromatic nitrogens is 2. The number of hydrogen-bond donors (Lipinski definition) is 0. The highest BCUT2D eigenvalue weighted by Crippen LogP contribution is 2.26. The molecule has 1 amide bonds. The van der Waals surface area contributed by atoms with Gasteiger partial charge in [0.2, 0.25) is 5.91 Å². The number of nitrogens with zero attached hydrogens (tertiary/aromatic N) is 5. The number of anilines is 1. The minimum absolute atomic E-state index is 0.0507. The second kappa shape index (κ2) is 12.3. The summed E-state index contributed by atoms with van der Waals surface area (Å²) in [6.45, 7) is 11.1. The van der Waals surface area contributed by atoms with Crippen molar-refractivity contribution in [1.29, 1.82) is 0 Å². The van der Waals surface area contributed by atoms with Gasteiger partial charge in [-0.3, -0.25) is 9.69 Å². The summed E-state index contributed by atoms with van der Waals surface area (Å²) in [7, 11) is 0. The average Bonchev–Trinajstić information content (AvgIpc) is 3.34. The largest absolute Gasteiger partial charge is 0.368 e. The highest BCUT2D eigenvalue weighted by molar-refractivity contribution is 6.30. The number of piperazine rings is 1. The summed E-state index contributed by atoms with van der Waals surface area (Å²) in [6, 6.07) is 25.3. The van der Waals surface area contributed by atoms with Crippen molar-refractivity contribution in [3.63, 3.8) is 0 Å². The fourth-order valence-electron chi connectivity index (χ4n) is 6.31. The van der Waals surface area contributed by atoms with Crippen LogP contribution in [0.15, 0.2) is 72.8 Å². The first-order valence-corrected chi connectivity index (χ1v) is 15.4. The lowest BCUT2D eigenvalue weighted by atomic mass is 9.96. The molecule has 2 fully saturated rings. The van der Waals surface area contributed by atoms with E-state index in [1.807, 2.05) is 18.2 Å². The fourth-order valence-corrected chi connectivity index (χ4v) is 6.43. The summed E-state index contributed by atoms with van der Waals surface area (Å²) >= 11 is 6.13. The van der Waals surface area contributed by atoms with Gasteiger partial charge in [0.25, 0.3) is 0 Å². The number of halogens is 1. The number of benzene rings is 3. The lowest BCUT2D eigenvalue weighted by Crippen LogP contribution is -2.52. The molecule has 2 saturated heterocycles. The Kier molecular flexibility index (Phi) is 8.31. The number of amides is 1. The number of imidazole rings is 1. The van der Waals surface area contributed by atoms with Crippen LogP contribution >= 0.6 is 11.6 Å². The van der Waals surface area contributed by atoms with Gasteiger partial charge in [-0.25, -0.2) is 4.98 Å². The van der Waals surface area contributed by atoms with E-state index in [1.165, 1.54) is 16.8 Å². The van der Waals surface area contributed by atoms with E-state index in [-0.39, 0.29) is 5.92 Å². The molecule has 0 aliphatic carbocycles. The minimum Gasteiger partial charge on any atom is -0.368 e. The number of para-hydroxylation sites is 2. The van der Waals surface area contributed by atoms with Crippen molar-refractivity contribution in [2.24, 2.45) is 5.92 Å². The van der Waals surface area contributed by atoms with Crippen LogP contribution in [0.2, 0.25) is 5.02 Å². The van der Waals surface area contributed by atoms with Gasteiger partial charge in [0.1, 0.15) is 5.82 Å². The maximum Gasteiger partial charge on any atom is 0.227 e. The normalized spacial score (nSPS) is 18.4. The quantitative estimate of drug-likeness (QED) is 0.257. The number of piperidine rings is 1. The maximum absolute atomic E-state index is 13.6. The van der Waals surface area contributed by atoms with E-state index in [1.54, 1.807) is 0 Å². The summed E-state index contributed by atoms with van der Waals surface area (Å²) in [6.07, 6.45) is 2.00. The van der Waals surface area contributed by atoms with Crippen LogP contribution < -0.4 is 4.90 Å². The van der Waals surface area contributed by atoms with Crippen LogP contribution in [0, 0.1) is 5.92 Å². The number of hydrogen-bond acceptors (Lipinski definition) is 4. The Morgan fingerprint density at radius 1 is 0.902 bits per heavy atom. The molecule has 0 spiro atoms.